The molecule has 0 heterocycles. The minimum atomic E-state index is -2.41. The number of anilines is 2. The summed E-state index contributed by atoms with van der Waals surface area (Å²) in [6.45, 7) is 0. The Morgan fingerprint density at radius 1 is 0.900 bits per heavy atom. The van der Waals surface area contributed by atoms with Gasteiger partial charge < -0.3 is 10.6 Å². The van der Waals surface area contributed by atoms with Crippen molar-refractivity contribution in [1.29, 1.82) is 0 Å². The molecule has 0 aliphatic carbocycles. The fraction of sp³-hybridized carbons (Fsp3) is 0.0714. The van der Waals surface area contributed by atoms with Crippen molar-refractivity contribution >= 4 is 40.5 Å². The Kier molecular flexibility index (Phi) is 5.31. The second-order valence-electron chi connectivity index (χ2n) is 3.85. The van der Waals surface area contributed by atoms with Crippen LogP contribution in [-0.4, -0.2) is 10.9 Å². The second kappa shape index (κ2) is 7.21. The quantitative estimate of drug-likeness (QED) is 0.625. The van der Waals surface area contributed by atoms with Crippen LogP contribution in [0.3, 0.4) is 0 Å². The number of thioether (sulfide) groups is 1. The Balaban J connectivity index is 1.91. The molecule has 0 unspecified atom stereocenters. The van der Waals surface area contributed by atoms with Crippen LogP contribution >= 0.6 is 24.0 Å². The van der Waals surface area contributed by atoms with Crippen LogP contribution in [0.1, 0.15) is 0 Å². The summed E-state index contributed by atoms with van der Waals surface area (Å²) in [5.74, 6) is -2.41. The molecule has 0 saturated heterocycles. The summed E-state index contributed by atoms with van der Waals surface area (Å²) in [7, 11) is 0. The molecule has 0 spiro atoms. The summed E-state index contributed by atoms with van der Waals surface area (Å²) < 4.78 is 24.4. The zero-order chi connectivity index (χ0) is 14.4. The number of hydrogen-bond acceptors (Lipinski definition) is 2. The van der Waals surface area contributed by atoms with E-state index in [-0.39, 0.29) is 0 Å². The maximum absolute atomic E-state index is 12.2. The molecule has 2 rings (SSSR count). The molecule has 0 fully saturated rings. The highest BCUT2D eigenvalue weighted by molar-refractivity contribution is 7.99. The predicted octanol–water partition coefficient (Wildman–Crippen LogP) is 4.81. The van der Waals surface area contributed by atoms with Gasteiger partial charge in [0.2, 0.25) is 0 Å². The van der Waals surface area contributed by atoms with Gasteiger partial charge in [-0.15, -0.1) is 0 Å². The van der Waals surface area contributed by atoms with E-state index in [1.807, 2.05) is 30.3 Å². The summed E-state index contributed by atoms with van der Waals surface area (Å²) >= 11 is 5.69. The highest BCUT2D eigenvalue weighted by atomic mass is 32.2. The van der Waals surface area contributed by atoms with Crippen molar-refractivity contribution in [2.75, 3.05) is 10.6 Å². The molecule has 6 heteroatoms. The van der Waals surface area contributed by atoms with Gasteiger partial charge in [0.1, 0.15) is 0 Å². The normalized spacial score (nSPS) is 10.3. The molecule has 0 aromatic heterocycles. The highest BCUT2D eigenvalue weighted by Crippen LogP contribution is 2.26. The van der Waals surface area contributed by atoms with Gasteiger partial charge >= 0.3 is 0 Å². The third-order valence-corrected chi connectivity index (χ3v) is 3.30. The molecule has 104 valence electrons. The van der Waals surface area contributed by atoms with E-state index in [9.17, 15) is 8.78 Å². The van der Waals surface area contributed by atoms with Crippen LogP contribution in [-0.2, 0) is 0 Å². The molecule has 2 nitrogen and oxygen atoms in total. The largest absolute Gasteiger partial charge is 0.332 e. The second-order valence-corrected chi connectivity index (χ2v) is 5.32. The van der Waals surface area contributed by atoms with E-state index >= 15 is 0 Å². The van der Waals surface area contributed by atoms with Gasteiger partial charge in [0.15, 0.2) is 5.11 Å². The van der Waals surface area contributed by atoms with Gasteiger partial charge in [0.25, 0.3) is 5.76 Å². The van der Waals surface area contributed by atoms with Crippen LogP contribution in [0.5, 0.6) is 0 Å². The average molecular weight is 310 g/mol. The van der Waals surface area contributed by atoms with E-state index in [1.54, 1.807) is 24.3 Å². The molecular formula is C14H12F2N2S2. The van der Waals surface area contributed by atoms with Crippen molar-refractivity contribution in [3.8, 4) is 0 Å². The number of rotatable bonds is 4. The molecule has 0 radical (unpaired) electrons. The van der Waals surface area contributed by atoms with Crippen molar-refractivity contribution in [2.45, 2.75) is 10.7 Å². The molecule has 2 aromatic carbocycles. The molecule has 0 saturated carbocycles. The molecule has 0 amide bonds. The van der Waals surface area contributed by atoms with E-state index in [0.717, 1.165) is 11.4 Å². The lowest BCUT2D eigenvalue weighted by molar-refractivity contribution is 0.252. The summed E-state index contributed by atoms with van der Waals surface area (Å²) in [5.41, 5.74) is 1.63. The predicted molar refractivity (Wildman–Crippen MR) is 84.6 cm³/mol. The van der Waals surface area contributed by atoms with Gasteiger partial charge in [-0.05, 0) is 48.6 Å². The molecular weight excluding hydrogens is 298 g/mol. The number of para-hydroxylation sites is 1. The first kappa shape index (κ1) is 14.7. The Bertz CT molecular complexity index is 559. The SMILES string of the molecule is FC(F)Sc1ccc(NC(=S)Nc2ccccc2)cc1. The van der Waals surface area contributed by atoms with E-state index < -0.39 is 5.76 Å². The molecule has 0 atom stereocenters. The van der Waals surface area contributed by atoms with E-state index in [0.29, 0.717) is 21.8 Å². The Morgan fingerprint density at radius 2 is 1.45 bits per heavy atom. The topological polar surface area (TPSA) is 24.1 Å². The Labute approximate surface area is 125 Å². The van der Waals surface area contributed by atoms with Gasteiger partial charge in [-0.2, -0.15) is 8.78 Å². The summed E-state index contributed by atoms with van der Waals surface area (Å²) in [5, 5.41) is 6.48. The highest BCUT2D eigenvalue weighted by Gasteiger charge is 2.05. The maximum atomic E-state index is 12.2. The van der Waals surface area contributed by atoms with Crippen molar-refractivity contribution in [3.63, 3.8) is 0 Å². The minimum absolute atomic E-state index is 0.450. The smallest absolute Gasteiger partial charge is 0.288 e. The van der Waals surface area contributed by atoms with Crippen LogP contribution in [0, 0.1) is 0 Å². The summed E-state index contributed by atoms with van der Waals surface area (Å²) in [4.78, 5) is 0.521. The molecule has 20 heavy (non-hydrogen) atoms. The van der Waals surface area contributed by atoms with Crippen molar-refractivity contribution in [3.05, 3.63) is 54.6 Å². The number of halogens is 2. The lowest BCUT2D eigenvalue weighted by Crippen LogP contribution is -2.18. The van der Waals surface area contributed by atoms with Crippen LogP contribution in [0.15, 0.2) is 59.5 Å². The van der Waals surface area contributed by atoms with E-state index in [4.69, 9.17) is 12.2 Å². The first-order chi connectivity index (χ1) is 9.63. The number of nitrogens with one attached hydrogen (secondary N) is 2. The zero-order valence-electron chi connectivity index (χ0n) is 10.3. The molecule has 0 bridgehead atoms. The lowest BCUT2D eigenvalue weighted by atomic mass is 10.3. The minimum Gasteiger partial charge on any atom is -0.332 e. The van der Waals surface area contributed by atoms with Crippen LogP contribution < -0.4 is 10.6 Å². The lowest BCUT2D eigenvalue weighted by Gasteiger charge is -2.10. The number of hydrogen-bond donors (Lipinski definition) is 2. The summed E-state index contributed by atoms with van der Waals surface area (Å²) in [6.07, 6.45) is 0. The van der Waals surface area contributed by atoms with Crippen molar-refractivity contribution < 1.29 is 8.78 Å². The third kappa shape index (κ3) is 4.79. The van der Waals surface area contributed by atoms with Crippen LogP contribution in [0.4, 0.5) is 20.2 Å². The van der Waals surface area contributed by atoms with Crippen LogP contribution in [0.25, 0.3) is 0 Å². The number of alkyl halides is 2. The van der Waals surface area contributed by atoms with E-state index in [1.165, 1.54) is 0 Å². The van der Waals surface area contributed by atoms with Crippen molar-refractivity contribution in [1.82, 2.24) is 0 Å². The summed E-state index contributed by atoms with van der Waals surface area (Å²) in [6, 6.07) is 16.2. The Morgan fingerprint density at radius 3 is 2.00 bits per heavy atom. The van der Waals surface area contributed by atoms with Crippen LogP contribution in [0.2, 0.25) is 0 Å². The van der Waals surface area contributed by atoms with Gasteiger partial charge in [-0.3, -0.25) is 0 Å². The van der Waals surface area contributed by atoms with Gasteiger partial charge in [0.05, 0.1) is 0 Å². The Hall–Kier alpha value is -1.66. The average Bonchev–Trinajstić information content (AvgIpc) is 2.41. The van der Waals surface area contributed by atoms with Gasteiger partial charge in [-0.1, -0.05) is 30.0 Å². The monoisotopic (exact) mass is 310 g/mol. The molecule has 0 aliphatic heterocycles. The molecule has 0 aliphatic rings. The fourth-order valence-corrected chi connectivity index (χ4v) is 2.27. The third-order valence-electron chi connectivity index (χ3n) is 2.37. The molecule has 2 aromatic rings. The number of benzene rings is 2. The fourth-order valence-electron chi connectivity index (χ4n) is 1.53. The van der Waals surface area contributed by atoms with Crippen molar-refractivity contribution in [2.24, 2.45) is 0 Å². The zero-order valence-corrected chi connectivity index (χ0v) is 12.0. The standard InChI is InChI=1S/C14H12F2N2S2/c15-13(16)20-12-8-6-11(7-9-12)18-14(19)17-10-4-2-1-3-5-10/h1-9,13H,(H2,17,18,19). The first-order valence-corrected chi connectivity index (χ1v) is 7.10. The maximum Gasteiger partial charge on any atom is 0.288 e. The number of thiocarbonyl (C=S) groups is 1. The van der Waals surface area contributed by atoms with E-state index in [2.05, 4.69) is 10.6 Å². The van der Waals surface area contributed by atoms with Gasteiger partial charge in [0, 0.05) is 16.3 Å². The first-order valence-electron chi connectivity index (χ1n) is 5.81. The van der Waals surface area contributed by atoms with Gasteiger partial charge in [-0.25, -0.2) is 0 Å². The molecule has 2 N–H and O–H groups in total.